The van der Waals surface area contributed by atoms with Crippen LogP contribution in [-0.2, 0) is 15.1 Å². The standard InChI is InChI=1S/C26H29F2N5O2/c1-3-22(34)21-15-19(16-33(21)13-5-4-11-27)26(24(35)32(2)25(29)31-26)18-9-6-8-17(14-18)20-10-7-12-30-23(20)28/h6-10,12,14-15,19H,3-5,11,13,16H2,1-2H3,(H2,29,31)/t19?,26-/m0/s1. The van der Waals surface area contributed by atoms with E-state index in [2.05, 4.69) is 9.98 Å². The molecule has 0 spiro atoms. The van der Waals surface area contributed by atoms with Crippen LogP contribution < -0.4 is 5.73 Å². The first-order valence-corrected chi connectivity index (χ1v) is 11.7. The van der Waals surface area contributed by atoms with Gasteiger partial charge in [-0.05, 0) is 48.2 Å². The number of likely N-dealkylation sites (N-methyl/N-ethyl adjacent to an activating group) is 1. The minimum absolute atomic E-state index is 0.0511. The predicted octanol–water partition coefficient (Wildman–Crippen LogP) is 3.41. The molecule has 1 unspecified atom stereocenters. The average Bonchev–Trinajstić information content (AvgIpc) is 3.39. The predicted molar refractivity (Wildman–Crippen MR) is 129 cm³/mol. The van der Waals surface area contributed by atoms with E-state index in [1.807, 2.05) is 4.90 Å². The molecule has 0 bridgehead atoms. The van der Waals surface area contributed by atoms with Crippen LogP contribution in [0.3, 0.4) is 0 Å². The minimum Gasteiger partial charge on any atom is -0.369 e. The normalized spacial score (nSPS) is 21.9. The van der Waals surface area contributed by atoms with Gasteiger partial charge < -0.3 is 10.6 Å². The fourth-order valence-corrected chi connectivity index (χ4v) is 4.83. The van der Waals surface area contributed by atoms with Gasteiger partial charge in [-0.3, -0.25) is 18.9 Å². The van der Waals surface area contributed by atoms with Crippen LogP contribution in [0.5, 0.6) is 0 Å². The molecule has 0 saturated carbocycles. The Bertz CT molecular complexity index is 1200. The fraction of sp³-hybridized carbons (Fsp3) is 0.385. The van der Waals surface area contributed by atoms with Gasteiger partial charge >= 0.3 is 0 Å². The van der Waals surface area contributed by atoms with Gasteiger partial charge in [-0.25, -0.2) is 9.98 Å². The van der Waals surface area contributed by atoms with Crippen molar-refractivity contribution in [3.63, 3.8) is 0 Å². The average molecular weight is 482 g/mol. The second-order valence-electron chi connectivity index (χ2n) is 8.80. The van der Waals surface area contributed by atoms with E-state index in [1.165, 1.54) is 11.1 Å². The van der Waals surface area contributed by atoms with Crippen molar-refractivity contribution in [1.82, 2.24) is 14.8 Å². The number of halogens is 2. The summed E-state index contributed by atoms with van der Waals surface area (Å²) in [6.45, 7) is 2.21. The van der Waals surface area contributed by atoms with E-state index < -0.39 is 24.1 Å². The summed E-state index contributed by atoms with van der Waals surface area (Å²) in [5.41, 5.74) is 6.62. The topological polar surface area (TPSA) is 91.9 Å². The molecular formula is C26H29F2N5O2. The summed E-state index contributed by atoms with van der Waals surface area (Å²) in [6.07, 6.45) is 4.45. The molecule has 1 aromatic heterocycles. The molecule has 0 fully saturated rings. The van der Waals surface area contributed by atoms with Crippen molar-refractivity contribution in [3.8, 4) is 11.1 Å². The van der Waals surface area contributed by atoms with E-state index in [0.717, 1.165) is 0 Å². The number of ketones is 1. The molecule has 1 aromatic carbocycles. The number of benzene rings is 1. The van der Waals surface area contributed by atoms with Gasteiger partial charge in [0.15, 0.2) is 17.3 Å². The number of nitrogens with zero attached hydrogens (tertiary/aromatic N) is 4. The number of nitrogens with two attached hydrogens (primary N) is 1. The number of amides is 1. The molecule has 2 N–H and O–H groups in total. The molecule has 0 aliphatic carbocycles. The zero-order chi connectivity index (χ0) is 25.2. The van der Waals surface area contributed by atoms with Crippen molar-refractivity contribution in [2.45, 2.75) is 31.7 Å². The fourth-order valence-electron chi connectivity index (χ4n) is 4.83. The maximum Gasteiger partial charge on any atom is 0.262 e. The third-order valence-electron chi connectivity index (χ3n) is 6.71. The lowest BCUT2D eigenvalue weighted by Gasteiger charge is -2.32. The molecule has 0 radical (unpaired) electrons. The van der Waals surface area contributed by atoms with Gasteiger partial charge in [0, 0.05) is 44.2 Å². The lowest BCUT2D eigenvalue weighted by atomic mass is 9.77. The number of carbonyl (C=O) groups excluding carboxylic acids is 2. The van der Waals surface area contributed by atoms with Crippen LogP contribution in [0.2, 0.25) is 0 Å². The summed E-state index contributed by atoms with van der Waals surface area (Å²) in [5.74, 6) is -1.42. The highest BCUT2D eigenvalue weighted by molar-refractivity contribution is 6.07. The maximum atomic E-state index is 14.4. The molecule has 3 heterocycles. The number of hydrogen-bond donors (Lipinski definition) is 1. The molecule has 2 atom stereocenters. The van der Waals surface area contributed by atoms with Gasteiger partial charge in [0.05, 0.1) is 12.4 Å². The smallest absolute Gasteiger partial charge is 0.262 e. The molecule has 7 nitrogen and oxygen atoms in total. The van der Waals surface area contributed by atoms with Crippen LogP contribution >= 0.6 is 0 Å². The third kappa shape index (κ3) is 4.31. The molecule has 0 saturated heterocycles. The Labute approximate surface area is 203 Å². The zero-order valence-corrected chi connectivity index (χ0v) is 19.9. The third-order valence-corrected chi connectivity index (χ3v) is 6.71. The highest BCUT2D eigenvalue weighted by atomic mass is 19.1. The number of hydrogen-bond acceptors (Lipinski definition) is 6. The quantitative estimate of drug-likeness (QED) is 0.438. The molecule has 4 rings (SSSR count). The highest BCUT2D eigenvalue weighted by Gasteiger charge is 2.55. The van der Waals surface area contributed by atoms with Gasteiger partial charge in [0.1, 0.15) is 0 Å². The van der Waals surface area contributed by atoms with E-state index in [4.69, 9.17) is 5.73 Å². The first-order valence-electron chi connectivity index (χ1n) is 11.7. The van der Waals surface area contributed by atoms with E-state index >= 15 is 0 Å². The Balaban J connectivity index is 1.82. The van der Waals surface area contributed by atoms with Crippen molar-refractivity contribution >= 4 is 17.6 Å². The number of unbranched alkanes of at least 4 members (excludes halogenated alkanes) is 1. The largest absolute Gasteiger partial charge is 0.369 e. The molecular weight excluding hydrogens is 452 g/mol. The number of pyridine rings is 1. The van der Waals surface area contributed by atoms with Crippen molar-refractivity contribution in [2.24, 2.45) is 16.6 Å². The Morgan fingerprint density at radius 2 is 2.06 bits per heavy atom. The minimum atomic E-state index is -1.42. The van der Waals surface area contributed by atoms with E-state index in [-0.39, 0.29) is 17.6 Å². The summed E-state index contributed by atoms with van der Waals surface area (Å²) in [5, 5.41) is 0. The van der Waals surface area contributed by atoms with Crippen LogP contribution in [-0.4, -0.2) is 59.2 Å². The van der Waals surface area contributed by atoms with Gasteiger partial charge in [0.25, 0.3) is 5.91 Å². The number of aromatic nitrogens is 1. The lowest BCUT2D eigenvalue weighted by molar-refractivity contribution is -0.132. The number of carbonyl (C=O) groups is 2. The molecule has 2 aliphatic heterocycles. The van der Waals surface area contributed by atoms with E-state index in [1.54, 1.807) is 56.4 Å². The van der Waals surface area contributed by atoms with E-state index in [0.29, 0.717) is 54.7 Å². The molecule has 2 aliphatic rings. The molecule has 35 heavy (non-hydrogen) atoms. The van der Waals surface area contributed by atoms with Crippen LogP contribution in [0, 0.1) is 11.9 Å². The monoisotopic (exact) mass is 481 g/mol. The number of aliphatic imine (C=N–C) groups is 1. The Morgan fingerprint density at radius 3 is 2.71 bits per heavy atom. The maximum absolute atomic E-state index is 14.4. The van der Waals surface area contributed by atoms with Crippen molar-refractivity contribution in [1.29, 1.82) is 0 Å². The Morgan fingerprint density at radius 1 is 1.26 bits per heavy atom. The lowest BCUT2D eigenvalue weighted by Crippen LogP contribution is -2.46. The SMILES string of the molecule is CCC(=O)C1=CC([C@]2(c3cccc(-c4cccnc4F)c3)N=C(N)N(C)C2=O)CN1CCCCF. The molecule has 9 heteroatoms. The highest BCUT2D eigenvalue weighted by Crippen LogP contribution is 2.45. The molecule has 2 aromatic rings. The first-order chi connectivity index (χ1) is 16.8. The summed E-state index contributed by atoms with van der Waals surface area (Å²) in [4.78, 5) is 38.1. The second-order valence-corrected chi connectivity index (χ2v) is 8.80. The summed E-state index contributed by atoms with van der Waals surface area (Å²) in [7, 11) is 1.56. The summed E-state index contributed by atoms with van der Waals surface area (Å²) < 4.78 is 27.2. The van der Waals surface area contributed by atoms with Gasteiger partial charge in [-0.1, -0.05) is 25.1 Å². The van der Waals surface area contributed by atoms with Gasteiger partial charge in [-0.15, -0.1) is 0 Å². The number of Topliss-reactive ketones (excluding diaryl/α,β-unsaturated/α-hetero) is 1. The van der Waals surface area contributed by atoms with Crippen LogP contribution in [0.15, 0.2) is 59.4 Å². The van der Waals surface area contributed by atoms with Crippen molar-refractivity contribution in [3.05, 3.63) is 65.9 Å². The van der Waals surface area contributed by atoms with Crippen molar-refractivity contribution < 1.29 is 18.4 Å². The van der Waals surface area contributed by atoms with Crippen molar-refractivity contribution in [2.75, 3.05) is 26.8 Å². The molecule has 1 amide bonds. The summed E-state index contributed by atoms with van der Waals surface area (Å²) >= 11 is 0. The number of guanidine groups is 1. The number of rotatable bonds is 9. The van der Waals surface area contributed by atoms with Crippen LogP contribution in [0.25, 0.3) is 11.1 Å². The summed E-state index contributed by atoms with van der Waals surface area (Å²) in [6, 6.07) is 10.2. The zero-order valence-electron chi connectivity index (χ0n) is 19.9. The van der Waals surface area contributed by atoms with Gasteiger partial charge in [0.2, 0.25) is 5.95 Å². The second kappa shape index (κ2) is 9.93. The molecule has 184 valence electrons. The van der Waals surface area contributed by atoms with E-state index in [9.17, 15) is 18.4 Å². The number of allylic oxidation sites excluding steroid dienone is 1. The van der Waals surface area contributed by atoms with Crippen LogP contribution in [0.4, 0.5) is 8.78 Å². The Hall–Kier alpha value is -3.62. The Kier molecular flexibility index (Phi) is 6.95. The van der Waals surface area contributed by atoms with Crippen LogP contribution in [0.1, 0.15) is 31.7 Å². The van der Waals surface area contributed by atoms with Gasteiger partial charge in [-0.2, -0.15) is 4.39 Å². The first kappa shape index (κ1) is 24.5. The number of alkyl halides is 1.